The van der Waals surface area contributed by atoms with E-state index in [1.165, 1.54) is 18.3 Å². The van der Waals surface area contributed by atoms with Crippen LogP contribution >= 0.6 is 15.9 Å². The first-order chi connectivity index (χ1) is 8.54. The maximum atomic E-state index is 13.9. The van der Waals surface area contributed by atoms with Crippen LogP contribution in [0, 0.1) is 11.6 Å². The second-order valence-corrected chi connectivity index (χ2v) is 4.69. The Labute approximate surface area is 111 Å². The van der Waals surface area contributed by atoms with E-state index in [-0.39, 0.29) is 5.56 Å². The molecule has 1 aromatic heterocycles. The molecule has 1 heterocycles. The van der Waals surface area contributed by atoms with Gasteiger partial charge in [0.25, 0.3) is 0 Å². The molecule has 7 heteroatoms. The van der Waals surface area contributed by atoms with Gasteiger partial charge < -0.3 is 4.57 Å². The lowest BCUT2D eigenvalue weighted by Gasteiger charge is -2.17. The molecule has 2 rings (SSSR count). The van der Waals surface area contributed by atoms with Gasteiger partial charge in [-0.15, -0.1) is 0 Å². The number of rotatable bonds is 3. The number of halogens is 3. The van der Waals surface area contributed by atoms with Gasteiger partial charge in [-0.3, -0.25) is 5.84 Å². The summed E-state index contributed by atoms with van der Waals surface area (Å²) >= 11 is 3.03. The lowest BCUT2D eigenvalue weighted by molar-refractivity contribution is 0.491. The zero-order valence-electron chi connectivity index (χ0n) is 9.49. The van der Waals surface area contributed by atoms with Crippen LogP contribution in [0.5, 0.6) is 0 Å². The zero-order chi connectivity index (χ0) is 13.3. The Morgan fingerprint density at radius 2 is 2.00 bits per heavy atom. The summed E-state index contributed by atoms with van der Waals surface area (Å²) < 4.78 is 29.7. The SMILES string of the molecule is Cn1ccnc1C(NN)c1c(F)cc(Br)cc1F. The highest BCUT2D eigenvalue weighted by Crippen LogP contribution is 2.27. The molecule has 1 atom stereocenters. The average molecular weight is 317 g/mol. The minimum Gasteiger partial charge on any atom is -0.336 e. The summed E-state index contributed by atoms with van der Waals surface area (Å²) in [6.07, 6.45) is 3.21. The summed E-state index contributed by atoms with van der Waals surface area (Å²) in [6, 6.07) is 1.52. The zero-order valence-corrected chi connectivity index (χ0v) is 11.1. The van der Waals surface area contributed by atoms with Gasteiger partial charge in [-0.2, -0.15) is 0 Å². The molecule has 2 aromatic rings. The molecule has 0 fully saturated rings. The number of aromatic nitrogens is 2. The Kier molecular flexibility index (Phi) is 3.74. The largest absolute Gasteiger partial charge is 0.336 e. The molecular formula is C11H11BrF2N4. The predicted molar refractivity (Wildman–Crippen MR) is 66.4 cm³/mol. The Balaban J connectivity index is 2.56. The van der Waals surface area contributed by atoms with E-state index in [0.717, 1.165) is 0 Å². The number of hydrogen-bond acceptors (Lipinski definition) is 3. The van der Waals surface area contributed by atoms with Crippen molar-refractivity contribution in [1.29, 1.82) is 0 Å². The summed E-state index contributed by atoms with van der Waals surface area (Å²) in [5.41, 5.74) is 2.23. The van der Waals surface area contributed by atoms with Gasteiger partial charge in [-0.1, -0.05) is 15.9 Å². The quantitative estimate of drug-likeness (QED) is 0.673. The van der Waals surface area contributed by atoms with E-state index >= 15 is 0 Å². The van der Waals surface area contributed by atoms with Gasteiger partial charge in [0.05, 0.1) is 0 Å². The summed E-state index contributed by atoms with van der Waals surface area (Å²) in [6.45, 7) is 0. The fourth-order valence-corrected chi connectivity index (χ4v) is 2.17. The molecule has 1 aromatic carbocycles. The lowest BCUT2D eigenvalue weighted by Crippen LogP contribution is -2.32. The Hall–Kier alpha value is -1.31. The molecule has 18 heavy (non-hydrogen) atoms. The second kappa shape index (κ2) is 5.13. The van der Waals surface area contributed by atoms with Crippen molar-refractivity contribution < 1.29 is 8.78 Å². The van der Waals surface area contributed by atoms with Crippen LogP contribution in [-0.4, -0.2) is 9.55 Å². The molecule has 96 valence electrons. The Morgan fingerprint density at radius 3 is 2.44 bits per heavy atom. The van der Waals surface area contributed by atoms with E-state index in [1.54, 1.807) is 17.8 Å². The smallest absolute Gasteiger partial charge is 0.132 e. The molecule has 0 aliphatic carbocycles. The molecule has 0 spiro atoms. The van der Waals surface area contributed by atoms with Crippen molar-refractivity contribution in [2.75, 3.05) is 0 Å². The predicted octanol–water partition coefficient (Wildman–Crippen LogP) is 2.01. The molecule has 0 bridgehead atoms. The maximum Gasteiger partial charge on any atom is 0.132 e. The van der Waals surface area contributed by atoms with Crippen LogP contribution < -0.4 is 11.3 Å². The second-order valence-electron chi connectivity index (χ2n) is 3.78. The van der Waals surface area contributed by atoms with Crippen LogP contribution in [-0.2, 0) is 7.05 Å². The van der Waals surface area contributed by atoms with Crippen molar-refractivity contribution in [2.24, 2.45) is 12.9 Å². The van der Waals surface area contributed by atoms with Crippen LogP contribution in [0.4, 0.5) is 8.78 Å². The molecule has 0 saturated carbocycles. The van der Waals surface area contributed by atoms with Gasteiger partial charge in [0, 0.05) is 29.5 Å². The van der Waals surface area contributed by atoms with Gasteiger partial charge in [0.2, 0.25) is 0 Å². The van der Waals surface area contributed by atoms with E-state index in [2.05, 4.69) is 26.3 Å². The third kappa shape index (κ3) is 2.29. The highest BCUT2D eigenvalue weighted by Gasteiger charge is 2.24. The monoisotopic (exact) mass is 316 g/mol. The van der Waals surface area contributed by atoms with Gasteiger partial charge in [0.15, 0.2) is 0 Å². The van der Waals surface area contributed by atoms with Gasteiger partial charge >= 0.3 is 0 Å². The van der Waals surface area contributed by atoms with E-state index in [1.807, 2.05) is 0 Å². The van der Waals surface area contributed by atoms with E-state index < -0.39 is 17.7 Å². The molecule has 0 amide bonds. The fraction of sp³-hybridized carbons (Fsp3) is 0.182. The van der Waals surface area contributed by atoms with Crippen molar-refractivity contribution in [3.05, 3.63) is 52.0 Å². The summed E-state index contributed by atoms with van der Waals surface area (Å²) in [5, 5.41) is 0. The van der Waals surface area contributed by atoms with Gasteiger partial charge in [-0.25, -0.2) is 19.2 Å². The van der Waals surface area contributed by atoms with Crippen LogP contribution in [0.2, 0.25) is 0 Å². The van der Waals surface area contributed by atoms with Crippen molar-refractivity contribution >= 4 is 15.9 Å². The number of nitrogens with zero attached hydrogens (tertiary/aromatic N) is 2. The molecule has 0 saturated heterocycles. The van der Waals surface area contributed by atoms with E-state index in [4.69, 9.17) is 5.84 Å². The van der Waals surface area contributed by atoms with Crippen molar-refractivity contribution in [3.63, 3.8) is 0 Å². The van der Waals surface area contributed by atoms with Crippen molar-refractivity contribution in [2.45, 2.75) is 6.04 Å². The summed E-state index contributed by atoms with van der Waals surface area (Å²) in [4.78, 5) is 4.04. The number of nitrogens with two attached hydrogens (primary N) is 1. The number of benzene rings is 1. The molecule has 3 N–H and O–H groups in total. The molecular weight excluding hydrogens is 306 g/mol. The topological polar surface area (TPSA) is 55.9 Å². The minimum absolute atomic E-state index is 0.157. The number of imidazole rings is 1. The number of hydrogen-bond donors (Lipinski definition) is 2. The fourth-order valence-electron chi connectivity index (χ4n) is 1.77. The lowest BCUT2D eigenvalue weighted by atomic mass is 10.1. The molecule has 0 aliphatic heterocycles. The number of aryl methyl sites for hydroxylation is 1. The van der Waals surface area contributed by atoms with Crippen molar-refractivity contribution in [1.82, 2.24) is 15.0 Å². The van der Waals surface area contributed by atoms with Crippen LogP contribution in [0.1, 0.15) is 17.4 Å². The van der Waals surface area contributed by atoms with Gasteiger partial charge in [-0.05, 0) is 12.1 Å². The van der Waals surface area contributed by atoms with Crippen LogP contribution in [0.15, 0.2) is 29.0 Å². The number of nitrogens with one attached hydrogen (secondary N) is 1. The van der Waals surface area contributed by atoms with Crippen molar-refractivity contribution in [3.8, 4) is 0 Å². The number of hydrazine groups is 1. The maximum absolute atomic E-state index is 13.9. The highest BCUT2D eigenvalue weighted by atomic mass is 79.9. The average Bonchev–Trinajstić information content (AvgIpc) is 2.69. The Bertz CT molecular complexity index is 547. The normalized spacial score (nSPS) is 12.7. The van der Waals surface area contributed by atoms with E-state index in [0.29, 0.717) is 10.3 Å². The third-order valence-corrected chi connectivity index (χ3v) is 3.07. The molecule has 1 unspecified atom stereocenters. The highest BCUT2D eigenvalue weighted by molar-refractivity contribution is 9.10. The summed E-state index contributed by atoms with van der Waals surface area (Å²) in [5.74, 6) is 4.45. The first-order valence-electron chi connectivity index (χ1n) is 5.12. The van der Waals surface area contributed by atoms with Gasteiger partial charge in [0.1, 0.15) is 23.5 Å². The minimum atomic E-state index is -0.849. The third-order valence-electron chi connectivity index (χ3n) is 2.62. The van der Waals surface area contributed by atoms with E-state index in [9.17, 15) is 8.78 Å². The Morgan fingerprint density at radius 1 is 1.39 bits per heavy atom. The van der Waals surface area contributed by atoms with Crippen LogP contribution in [0.3, 0.4) is 0 Å². The first kappa shape index (κ1) is 13.1. The molecule has 0 aliphatic rings. The standard InChI is InChI=1S/C11H11BrF2N4/c1-18-3-2-16-11(18)10(17-15)9-7(13)4-6(12)5-8(9)14/h2-5,10,17H,15H2,1H3. The summed E-state index contributed by atoms with van der Waals surface area (Å²) in [7, 11) is 1.72. The molecule has 0 radical (unpaired) electrons. The molecule has 4 nitrogen and oxygen atoms in total. The van der Waals surface area contributed by atoms with Crippen LogP contribution in [0.25, 0.3) is 0 Å². The first-order valence-corrected chi connectivity index (χ1v) is 5.91.